The van der Waals surface area contributed by atoms with E-state index in [4.69, 9.17) is 0 Å². The molecule has 5 heteroatoms. The van der Waals surface area contributed by atoms with Gasteiger partial charge in [0.25, 0.3) is 0 Å². The molecule has 3 nitrogen and oxygen atoms in total. The standard InChI is InChI=1S/C9H11Br2NO2/c10-3-1-7(13)9(14)6-2-4-12-8(11)5-6/h2,4-5,7,9,13-14H,1,3H2. The Morgan fingerprint density at radius 2 is 2.14 bits per heavy atom. The van der Waals surface area contributed by atoms with E-state index >= 15 is 0 Å². The summed E-state index contributed by atoms with van der Waals surface area (Å²) in [6.07, 6.45) is 0.500. The highest BCUT2D eigenvalue weighted by molar-refractivity contribution is 9.10. The lowest BCUT2D eigenvalue weighted by Gasteiger charge is -2.16. The highest BCUT2D eigenvalue weighted by Gasteiger charge is 2.17. The molecule has 1 aromatic rings. The van der Waals surface area contributed by atoms with Gasteiger partial charge in [0, 0.05) is 11.5 Å². The van der Waals surface area contributed by atoms with Crippen LogP contribution in [-0.4, -0.2) is 26.6 Å². The SMILES string of the molecule is OC(CCBr)C(O)c1ccnc(Br)c1. The number of aliphatic hydroxyl groups is 2. The van der Waals surface area contributed by atoms with Crippen LogP contribution in [0.4, 0.5) is 0 Å². The van der Waals surface area contributed by atoms with Gasteiger partial charge in [-0.15, -0.1) is 0 Å². The highest BCUT2D eigenvalue weighted by atomic mass is 79.9. The Labute approximate surface area is 99.4 Å². The first-order chi connectivity index (χ1) is 6.65. The van der Waals surface area contributed by atoms with Crippen LogP contribution in [0.25, 0.3) is 0 Å². The van der Waals surface area contributed by atoms with E-state index in [2.05, 4.69) is 36.8 Å². The summed E-state index contributed by atoms with van der Waals surface area (Å²) in [5, 5.41) is 19.9. The molecule has 0 spiro atoms. The van der Waals surface area contributed by atoms with Gasteiger partial charge in [-0.3, -0.25) is 0 Å². The van der Waals surface area contributed by atoms with Crippen molar-refractivity contribution < 1.29 is 10.2 Å². The minimum Gasteiger partial charge on any atom is -0.390 e. The minimum atomic E-state index is -0.855. The normalized spacial score (nSPS) is 15.1. The summed E-state index contributed by atoms with van der Waals surface area (Å²) in [6.45, 7) is 0. The number of alkyl halides is 1. The predicted octanol–water partition coefficient (Wildman–Crippen LogP) is 2.02. The van der Waals surface area contributed by atoms with E-state index < -0.39 is 12.2 Å². The molecular formula is C9H11Br2NO2. The Balaban J connectivity index is 2.73. The van der Waals surface area contributed by atoms with Crippen LogP contribution in [-0.2, 0) is 0 Å². The van der Waals surface area contributed by atoms with Crippen molar-refractivity contribution in [3.05, 3.63) is 28.5 Å². The Kier molecular flexibility index (Phi) is 5.01. The summed E-state index contributed by atoms with van der Waals surface area (Å²) in [4.78, 5) is 3.94. The van der Waals surface area contributed by atoms with Crippen LogP contribution in [0, 0.1) is 0 Å². The Morgan fingerprint density at radius 3 is 2.71 bits per heavy atom. The number of nitrogens with zero attached hydrogens (tertiary/aromatic N) is 1. The molecule has 0 aliphatic rings. The van der Waals surface area contributed by atoms with Crippen molar-refractivity contribution in [2.24, 2.45) is 0 Å². The van der Waals surface area contributed by atoms with E-state index in [9.17, 15) is 10.2 Å². The molecule has 2 N–H and O–H groups in total. The lowest BCUT2D eigenvalue weighted by atomic mass is 10.0. The van der Waals surface area contributed by atoms with Gasteiger partial charge in [0.2, 0.25) is 0 Å². The maximum absolute atomic E-state index is 9.73. The molecule has 0 aliphatic carbocycles. The van der Waals surface area contributed by atoms with Gasteiger partial charge in [-0.1, -0.05) is 15.9 Å². The molecule has 78 valence electrons. The average Bonchev–Trinajstić information content (AvgIpc) is 2.17. The Bertz CT molecular complexity index is 296. The number of pyridine rings is 1. The summed E-state index contributed by atoms with van der Waals surface area (Å²) in [5.74, 6) is 0. The zero-order valence-electron chi connectivity index (χ0n) is 7.40. The second kappa shape index (κ2) is 5.80. The van der Waals surface area contributed by atoms with Gasteiger partial charge in [-0.05, 0) is 40.0 Å². The second-order valence-corrected chi connectivity index (χ2v) is 4.51. The molecule has 0 radical (unpaired) electrons. The maximum atomic E-state index is 9.73. The smallest absolute Gasteiger partial charge is 0.106 e. The molecule has 1 aromatic heterocycles. The van der Waals surface area contributed by atoms with E-state index in [-0.39, 0.29) is 0 Å². The van der Waals surface area contributed by atoms with Crippen LogP contribution in [0.2, 0.25) is 0 Å². The first-order valence-electron chi connectivity index (χ1n) is 4.18. The average molecular weight is 325 g/mol. The number of hydrogen-bond acceptors (Lipinski definition) is 3. The monoisotopic (exact) mass is 323 g/mol. The summed E-state index contributed by atoms with van der Waals surface area (Å²) in [5.41, 5.74) is 0.667. The summed E-state index contributed by atoms with van der Waals surface area (Å²) in [7, 11) is 0. The van der Waals surface area contributed by atoms with Crippen molar-refractivity contribution in [1.82, 2.24) is 4.98 Å². The van der Waals surface area contributed by atoms with Crippen molar-refractivity contribution in [2.45, 2.75) is 18.6 Å². The van der Waals surface area contributed by atoms with Gasteiger partial charge < -0.3 is 10.2 Å². The van der Waals surface area contributed by atoms with Crippen LogP contribution < -0.4 is 0 Å². The number of halogens is 2. The molecule has 2 atom stereocenters. The fourth-order valence-corrected chi connectivity index (χ4v) is 1.94. The molecule has 1 heterocycles. The Hall–Kier alpha value is 0.0300. The minimum absolute atomic E-state index is 0.515. The zero-order valence-corrected chi connectivity index (χ0v) is 10.6. The van der Waals surface area contributed by atoms with Gasteiger partial charge in [0.1, 0.15) is 10.7 Å². The lowest BCUT2D eigenvalue weighted by molar-refractivity contribution is 0.0173. The molecule has 0 saturated heterocycles. The van der Waals surface area contributed by atoms with Gasteiger partial charge >= 0.3 is 0 Å². The largest absolute Gasteiger partial charge is 0.390 e. The first-order valence-corrected chi connectivity index (χ1v) is 6.10. The summed E-state index contributed by atoms with van der Waals surface area (Å²) < 4.78 is 0.653. The summed E-state index contributed by atoms with van der Waals surface area (Å²) >= 11 is 6.42. The topological polar surface area (TPSA) is 53.4 Å². The molecule has 0 aliphatic heterocycles. The molecule has 0 aromatic carbocycles. The first kappa shape index (κ1) is 12.1. The molecule has 2 unspecified atom stereocenters. The van der Waals surface area contributed by atoms with Crippen LogP contribution in [0.3, 0.4) is 0 Å². The zero-order chi connectivity index (χ0) is 10.6. The fraction of sp³-hybridized carbons (Fsp3) is 0.444. The van der Waals surface area contributed by atoms with Crippen molar-refractivity contribution in [2.75, 3.05) is 5.33 Å². The number of hydrogen-bond donors (Lipinski definition) is 2. The molecule has 0 fully saturated rings. The molecule has 0 bridgehead atoms. The van der Waals surface area contributed by atoms with Crippen molar-refractivity contribution >= 4 is 31.9 Å². The van der Waals surface area contributed by atoms with E-state index in [1.807, 2.05) is 0 Å². The molecule has 1 rings (SSSR count). The number of rotatable bonds is 4. The summed E-state index contributed by atoms with van der Waals surface area (Å²) in [6, 6.07) is 3.38. The van der Waals surface area contributed by atoms with E-state index in [0.29, 0.717) is 21.9 Å². The van der Waals surface area contributed by atoms with Crippen LogP contribution in [0.1, 0.15) is 18.1 Å². The van der Waals surface area contributed by atoms with E-state index in [0.717, 1.165) is 0 Å². The van der Waals surface area contributed by atoms with Crippen LogP contribution in [0.15, 0.2) is 22.9 Å². The van der Waals surface area contributed by atoms with Crippen LogP contribution in [0.5, 0.6) is 0 Å². The van der Waals surface area contributed by atoms with Crippen molar-refractivity contribution in [1.29, 1.82) is 0 Å². The quantitative estimate of drug-likeness (QED) is 0.658. The second-order valence-electron chi connectivity index (χ2n) is 2.90. The van der Waals surface area contributed by atoms with Gasteiger partial charge in [-0.2, -0.15) is 0 Å². The van der Waals surface area contributed by atoms with E-state index in [1.165, 1.54) is 0 Å². The predicted molar refractivity (Wildman–Crippen MR) is 61.3 cm³/mol. The molecule has 14 heavy (non-hydrogen) atoms. The lowest BCUT2D eigenvalue weighted by Crippen LogP contribution is -2.18. The van der Waals surface area contributed by atoms with Gasteiger partial charge in [0.05, 0.1) is 6.10 Å². The molecular weight excluding hydrogens is 314 g/mol. The Morgan fingerprint density at radius 1 is 1.43 bits per heavy atom. The van der Waals surface area contributed by atoms with Gasteiger partial charge in [-0.25, -0.2) is 4.98 Å². The van der Waals surface area contributed by atoms with E-state index in [1.54, 1.807) is 18.3 Å². The third-order valence-electron chi connectivity index (χ3n) is 1.86. The molecule has 0 saturated carbocycles. The number of aliphatic hydroxyl groups excluding tert-OH is 2. The van der Waals surface area contributed by atoms with Crippen LogP contribution >= 0.6 is 31.9 Å². The third kappa shape index (κ3) is 3.31. The van der Waals surface area contributed by atoms with Gasteiger partial charge in [0.15, 0.2) is 0 Å². The maximum Gasteiger partial charge on any atom is 0.106 e. The third-order valence-corrected chi connectivity index (χ3v) is 2.75. The van der Waals surface area contributed by atoms with Crippen molar-refractivity contribution in [3.8, 4) is 0 Å². The fourth-order valence-electron chi connectivity index (χ4n) is 1.09. The molecule has 0 amide bonds. The number of aromatic nitrogens is 1. The highest BCUT2D eigenvalue weighted by Crippen LogP contribution is 2.21. The van der Waals surface area contributed by atoms with Crippen molar-refractivity contribution in [3.63, 3.8) is 0 Å².